The van der Waals surface area contributed by atoms with Crippen molar-refractivity contribution in [1.29, 1.82) is 0 Å². The smallest absolute Gasteiger partial charge is 0.160 e. The van der Waals surface area contributed by atoms with E-state index >= 15 is 0 Å². The third-order valence-corrected chi connectivity index (χ3v) is 11.7. The van der Waals surface area contributed by atoms with Gasteiger partial charge in [-0.1, -0.05) is 172 Å². The first-order valence-electron chi connectivity index (χ1n) is 19.2. The minimum absolute atomic E-state index is 0.141. The van der Waals surface area contributed by atoms with Crippen LogP contribution >= 0.6 is 0 Å². The van der Waals surface area contributed by atoms with Gasteiger partial charge in [-0.05, 0) is 74.0 Å². The Labute approximate surface area is 325 Å². The highest BCUT2D eigenvalue weighted by Gasteiger charge is 2.37. The zero-order valence-electron chi connectivity index (χ0n) is 31.1. The average molecular weight is 717 g/mol. The SMILES string of the molecule is CC1(C)c2cc3ccccc3cc2-c2c(-c3cc(-c4ccc(-c5ccc(-c6cccc7c6oc6ccccc67)cc5)cc4)nc(-c4ccccc4)n3)cccc21. The molecule has 8 aromatic carbocycles. The lowest BCUT2D eigenvalue weighted by atomic mass is 9.81. The van der Waals surface area contributed by atoms with E-state index < -0.39 is 0 Å². The van der Waals surface area contributed by atoms with Crippen LogP contribution in [0, 0.1) is 0 Å². The first-order valence-corrected chi connectivity index (χ1v) is 19.2. The minimum atomic E-state index is -0.141. The lowest BCUT2D eigenvalue weighted by Gasteiger charge is -2.22. The lowest BCUT2D eigenvalue weighted by molar-refractivity contribution is 0.661. The molecule has 0 bridgehead atoms. The minimum Gasteiger partial charge on any atom is -0.455 e. The third-order valence-electron chi connectivity index (χ3n) is 11.7. The second-order valence-corrected chi connectivity index (χ2v) is 15.4. The van der Waals surface area contributed by atoms with Crippen molar-refractivity contribution in [3.8, 4) is 67.3 Å². The highest BCUT2D eigenvalue weighted by atomic mass is 16.3. The van der Waals surface area contributed by atoms with Gasteiger partial charge in [0.25, 0.3) is 0 Å². The maximum absolute atomic E-state index is 6.33. The molecule has 2 aromatic heterocycles. The van der Waals surface area contributed by atoms with E-state index in [9.17, 15) is 0 Å². The Balaban J connectivity index is 0.984. The summed E-state index contributed by atoms with van der Waals surface area (Å²) in [6.07, 6.45) is 0. The van der Waals surface area contributed by atoms with Gasteiger partial charge in [0, 0.05) is 38.4 Å². The molecule has 264 valence electrons. The van der Waals surface area contributed by atoms with E-state index in [-0.39, 0.29) is 5.41 Å². The van der Waals surface area contributed by atoms with Gasteiger partial charge in [-0.15, -0.1) is 0 Å². The molecule has 0 saturated heterocycles. The monoisotopic (exact) mass is 716 g/mol. The van der Waals surface area contributed by atoms with E-state index in [1.807, 2.05) is 30.3 Å². The van der Waals surface area contributed by atoms with Crippen molar-refractivity contribution in [2.45, 2.75) is 19.3 Å². The van der Waals surface area contributed by atoms with Crippen molar-refractivity contribution in [3.63, 3.8) is 0 Å². The predicted molar refractivity (Wildman–Crippen MR) is 232 cm³/mol. The van der Waals surface area contributed by atoms with Crippen LogP contribution in [0.25, 0.3) is 100.0 Å². The van der Waals surface area contributed by atoms with Crippen molar-refractivity contribution in [3.05, 3.63) is 193 Å². The number of nitrogens with zero attached hydrogens (tertiary/aromatic N) is 2. The molecule has 56 heavy (non-hydrogen) atoms. The fourth-order valence-corrected chi connectivity index (χ4v) is 8.79. The van der Waals surface area contributed by atoms with E-state index in [1.165, 1.54) is 33.0 Å². The summed E-state index contributed by atoms with van der Waals surface area (Å²) in [7, 11) is 0. The molecule has 11 rings (SSSR count). The Morgan fingerprint density at radius 1 is 0.411 bits per heavy atom. The number of rotatable bonds is 5. The highest BCUT2D eigenvalue weighted by molar-refractivity contribution is 6.09. The second-order valence-electron chi connectivity index (χ2n) is 15.4. The summed E-state index contributed by atoms with van der Waals surface area (Å²) in [5.41, 5.74) is 16.4. The molecule has 0 atom stereocenters. The molecule has 3 heteroatoms. The number of aromatic nitrogens is 2. The van der Waals surface area contributed by atoms with Crippen molar-refractivity contribution in [2.24, 2.45) is 0 Å². The molecule has 0 spiro atoms. The molecule has 1 aliphatic rings. The molecule has 0 aliphatic heterocycles. The van der Waals surface area contributed by atoms with Gasteiger partial charge >= 0.3 is 0 Å². The van der Waals surface area contributed by atoms with Crippen LogP contribution in [0.15, 0.2) is 186 Å². The average Bonchev–Trinajstić information content (AvgIpc) is 3.75. The standard InChI is InChI=1S/C53H36N2O/c1-53(2)45-20-11-19-43(50(45)44-30-38-14-6-7-15-39(38)31-46(44)53)48-32-47(54-52(55-48)37-12-4-3-5-13-37)36-28-24-34(25-29-36)33-22-26-35(27-23-33)40-17-10-18-42-41-16-8-9-21-49(41)56-51(40)42/h3-32H,1-2H3. The van der Waals surface area contributed by atoms with E-state index in [0.29, 0.717) is 5.82 Å². The fourth-order valence-electron chi connectivity index (χ4n) is 8.79. The van der Waals surface area contributed by atoms with E-state index in [1.54, 1.807) is 0 Å². The molecule has 3 nitrogen and oxygen atoms in total. The van der Waals surface area contributed by atoms with E-state index in [0.717, 1.165) is 72.3 Å². The Morgan fingerprint density at radius 2 is 1.02 bits per heavy atom. The van der Waals surface area contributed by atoms with Gasteiger partial charge in [-0.25, -0.2) is 9.97 Å². The molecule has 0 N–H and O–H groups in total. The first-order chi connectivity index (χ1) is 27.5. The molecule has 2 heterocycles. The number of hydrogen-bond donors (Lipinski definition) is 0. The van der Waals surface area contributed by atoms with Crippen LogP contribution in [0.3, 0.4) is 0 Å². The summed E-state index contributed by atoms with van der Waals surface area (Å²) in [4.78, 5) is 10.4. The Morgan fingerprint density at radius 3 is 1.80 bits per heavy atom. The van der Waals surface area contributed by atoms with Gasteiger partial charge < -0.3 is 4.42 Å². The molecule has 10 aromatic rings. The maximum Gasteiger partial charge on any atom is 0.160 e. The van der Waals surface area contributed by atoms with Crippen LogP contribution in [0.2, 0.25) is 0 Å². The van der Waals surface area contributed by atoms with Crippen molar-refractivity contribution >= 4 is 32.7 Å². The fraction of sp³-hybridized carbons (Fsp3) is 0.0566. The van der Waals surface area contributed by atoms with Crippen molar-refractivity contribution in [2.75, 3.05) is 0 Å². The third kappa shape index (κ3) is 5.12. The highest BCUT2D eigenvalue weighted by Crippen LogP contribution is 2.53. The van der Waals surface area contributed by atoms with E-state index in [2.05, 4.69) is 166 Å². The zero-order valence-corrected chi connectivity index (χ0v) is 31.1. The van der Waals surface area contributed by atoms with Crippen LogP contribution in [0.4, 0.5) is 0 Å². The molecular weight excluding hydrogens is 681 g/mol. The molecule has 0 radical (unpaired) electrons. The van der Waals surface area contributed by atoms with Crippen LogP contribution in [0.1, 0.15) is 25.0 Å². The summed E-state index contributed by atoms with van der Waals surface area (Å²) in [6.45, 7) is 4.68. The number of para-hydroxylation sites is 2. The molecule has 0 amide bonds. The predicted octanol–water partition coefficient (Wildman–Crippen LogP) is 14.2. The van der Waals surface area contributed by atoms with Gasteiger partial charge in [0.2, 0.25) is 0 Å². The summed E-state index contributed by atoms with van der Waals surface area (Å²) in [5, 5.41) is 4.80. The summed E-state index contributed by atoms with van der Waals surface area (Å²) in [5.74, 6) is 0.714. The molecule has 0 saturated carbocycles. The number of furan rings is 1. The second kappa shape index (κ2) is 12.5. The molecule has 0 unspecified atom stereocenters. The van der Waals surface area contributed by atoms with Crippen LogP contribution in [-0.4, -0.2) is 9.97 Å². The Kier molecular flexibility index (Phi) is 7.20. The quantitative estimate of drug-likeness (QED) is 0.178. The normalized spacial score (nSPS) is 13.0. The molecule has 1 aliphatic carbocycles. The van der Waals surface area contributed by atoms with Gasteiger partial charge in [-0.2, -0.15) is 0 Å². The maximum atomic E-state index is 6.33. The number of hydrogen-bond acceptors (Lipinski definition) is 3. The van der Waals surface area contributed by atoms with Gasteiger partial charge in [0.05, 0.1) is 11.4 Å². The summed E-state index contributed by atoms with van der Waals surface area (Å²) < 4.78 is 6.33. The van der Waals surface area contributed by atoms with Crippen LogP contribution < -0.4 is 0 Å². The van der Waals surface area contributed by atoms with Crippen LogP contribution in [-0.2, 0) is 5.41 Å². The lowest BCUT2D eigenvalue weighted by Crippen LogP contribution is -2.14. The van der Waals surface area contributed by atoms with Gasteiger partial charge in [0.15, 0.2) is 5.82 Å². The zero-order chi connectivity index (χ0) is 37.4. The van der Waals surface area contributed by atoms with Gasteiger partial charge in [0.1, 0.15) is 11.2 Å². The summed E-state index contributed by atoms with van der Waals surface area (Å²) >= 11 is 0. The van der Waals surface area contributed by atoms with E-state index in [4.69, 9.17) is 14.4 Å². The topological polar surface area (TPSA) is 38.9 Å². The van der Waals surface area contributed by atoms with Crippen molar-refractivity contribution in [1.82, 2.24) is 9.97 Å². The van der Waals surface area contributed by atoms with Crippen LogP contribution in [0.5, 0.6) is 0 Å². The molecular formula is C53H36N2O. The largest absolute Gasteiger partial charge is 0.455 e. The number of fused-ring (bicyclic) bond motifs is 7. The van der Waals surface area contributed by atoms with Gasteiger partial charge in [-0.3, -0.25) is 0 Å². The Bertz CT molecular complexity index is 3140. The first kappa shape index (κ1) is 32.3. The number of benzene rings is 8. The Hall–Kier alpha value is -7.10. The summed E-state index contributed by atoms with van der Waals surface area (Å²) in [6, 6.07) is 64.7. The molecule has 0 fully saturated rings. The van der Waals surface area contributed by atoms with Crippen molar-refractivity contribution < 1.29 is 4.42 Å².